The van der Waals surface area contributed by atoms with E-state index in [1.54, 1.807) is 18.3 Å². The Balaban J connectivity index is 2.23. The van der Waals surface area contributed by atoms with Crippen molar-refractivity contribution in [3.63, 3.8) is 0 Å². The van der Waals surface area contributed by atoms with E-state index in [4.69, 9.17) is 20.6 Å². The molecule has 0 fully saturated rings. The number of terminal acetylenes is 1. The summed E-state index contributed by atoms with van der Waals surface area (Å²) in [4.78, 5) is 13.5. The highest BCUT2D eigenvalue weighted by Gasteiger charge is 2.22. The number of thioether (sulfide) groups is 1. The number of rotatable bonds is 8. The SMILES string of the molecule is C#CCSc1nc(Sc2nccn2C)c(C#N)c(-c2cc(OC)c(OC)c(OC)c2)n1. The van der Waals surface area contributed by atoms with Crippen LogP contribution in [0.4, 0.5) is 0 Å². The van der Waals surface area contributed by atoms with Crippen LogP contribution in [0.3, 0.4) is 0 Å². The van der Waals surface area contributed by atoms with Crippen LogP contribution in [-0.2, 0) is 7.05 Å². The third kappa shape index (κ3) is 4.71. The number of benzene rings is 1. The van der Waals surface area contributed by atoms with Crippen molar-refractivity contribution in [1.82, 2.24) is 19.5 Å². The summed E-state index contributed by atoms with van der Waals surface area (Å²) < 4.78 is 18.2. The van der Waals surface area contributed by atoms with Gasteiger partial charge in [0.25, 0.3) is 0 Å². The maximum Gasteiger partial charge on any atom is 0.203 e. The molecule has 0 atom stereocenters. The standard InChI is InChI=1S/C21H19N5O3S2/c1-6-9-30-20-24-17(13-10-15(27-3)18(29-5)16(11-13)28-4)14(12-22)19(25-20)31-21-23-7-8-26(21)2/h1,7-8,10-11H,9H2,2-5H3. The lowest BCUT2D eigenvalue weighted by molar-refractivity contribution is 0.324. The Morgan fingerprint density at radius 2 is 1.84 bits per heavy atom. The average Bonchev–Trinajstić information content (AvgIpc) is 3.20. The van der Waals surface area contributed by atoms with Gasteiger partial charge in [-0.25, -0.2) is 15.0 Å². The quantitative estimate of drug-likeness (QED) is 0.219. The third-order valence-corrected chi connectivity index (χ3v) is 5.97. The fraction of sp³-hybridized carbons (Fsp3) is 0.238. The Morgan fingerprint density at radius 1 is 1.13 bits per heavy atom. The Bertz CT molecular complexity index is 1160. The van der Waals surface area contributed by atoms with Gasteiger partial charge in [0.05, 0.1) is 32.8 Å². The van der Waals surface area contributed by atoms with Crippen molar-refractivity contribution in [2.75, 3.05) is 27.1 Å². The number of hydrogen-bond donors (Lipinski definition) is 0. The molecule has 0 saturated carbocycles. The smallest absolute Gasteiger partial charge is 0.203 e. The molecule has 0 unspecified atom stereocenters. The summed E-state index contributed by atoms with van der Waals surface area (Å²) in [5.74, 6) is 4.32. The molecule has 0 spiro atoms. The van der Waals surface area contributed by atoms with Gasteiger partial charge in [-0.05, 0) is 23.9 Å². The van der Waals surface area contributed by atoms with Crippen molar-refractivity contribution in [3.8, 4) is 46.9 Å². The Morgan fingerprint density at radius 3 is 2.35 bits per heavy atom. The van der Waals surface area contributed by atoms with Gasteiger partial charge < -0.3 is 18.8 Å². The van der Waals surface area contributed by atoms with Gasteiger partial charge in [-0.15, -0.1) is 6.42 Å². The minimum Gasteiger partial charge on any atom is -0.493 e. The number of nitriles is 1. The predicted molar refractivity (Wildman–Crippen MR) is 119 cm³/mol. The molecule has 10 heteroatoms. The Kier molecular flexibility index (Phi) is 7.29. The molecular weight excluding hydrogens is 434 g/mol. The van der Waals surface area contributed by atoms with Crippen LogP contribution in [0.2, 0.25) is 0 Å². The molecule has 0 aliphatic heterocycles. The van der Waals surface area contributed by atoms with Crippen molar-refractivity contribution >= 4 is 23.5 Å². The zero-order valence-electron chi connectivity index (χ0n) is 17.4. The lowest BCUT2D eigenvalue weighted by atomic mass is 10.1. The van der Waals surface area contributed by atoms with Gasteiger partial charge in [-0.2, -0.15) is 5.26 Å². The van der Waals surface area contributed by atoms with Gasteiger partial charge in [0.15, 0.2) is 21.8 Å². The monoisotopic (exact) mass is 453 g/mol. The molecule has 0 aliphatic rings. The molecule has 0 amide bonds. The molecule has 0 radical (unpaired) electrons. The van der Waals surface area contributed by atoms with E-state index < -0.39 is 0 Å². The summed E-state index contributed by atoms with van der Waals surface area (Å²) >= 11 is 2.59. The zero-order valence-corrected chi connectivity index (χ0v) is 19.0. The van der Waals surface area contributed by atoms with Gasteiger partial charge >= 0.3 is 0 Å². The van der Waals surface area contributed by atoms with Crippen LogP contribution in [0, 0.1) is 23.7 Å². The molecule has 0 N–H and O–H groups in total. The van der Waals surface area contributed by atoms with Crippen molar-refractivity contribution in [1.29, 1.82) is 5.26 Å². The maximum absolute atomic E-state index is 9.98. The van der Waals surface area contributed by atoms with Gasteiger partial charge in [0.1, 0.15) is 16.7 Å². The van der Waals surface area contributed by atoms with Crippen LogP contribution in [0.25, 0.3) is 11.3 Å². The predicted octanol–water partition coefficient (Wildman–Crippen LogP) is 3.65. The van der Waals surface area contributed by atoms with Crippen LogP contribution < -0.4 is 14.2 Å². The molecule has 31 heavy (non-hydrogen) atoms. The highest BCUT2D eigenvalue weighted by molar-refractivity contribution is 7.99. The van der Waals surface area contributed by atoms with Crippen molar-refractivity contribution < 1.29 is 14.2 Å². The lowest BCUT2D eigenvalue weighted by Crippen LogP contribution is -2.02. The molecule has 0 bridgehead atoms. The number of nitrogens with zero attached hydrogens (tertiary/aromatic N) is 5. The van der Waals surface area contributed by atoms with Crippen LogP contribution in [-0.4, -0.2) is 46.6 Å². The van der Waals surface area contributed by atoms with Gasteiger partial charge in [-0.1, -0.05) is 17.7 Å². The molecule has 8 nitrogen and oxygen atoms in total. The second-order valence-corrected chi connectivity index (χ2v) is 7.87. The molecule has 2 heterocycles. The zero-order chi connectivity index (χ0) is 22.4. The van der Waals surface area contributed by atoms with E-state index >= 15 is 0 Å². The van der Waals surface area contributed by atoms with Crippen LogP contribution in [0.15, 0.2) is 39.9 Å². The molecule has 3 rings (SSSR count). The summed E-state index contributed by atoms with van der Waals surface area (Å²) in [6, 6.07) is 5.73. The van der Waals surface area contributed by atoms with E-state index in [-0.39, 0.29) is 0 Å². The first-order valence-corrected chi connectivity index (χ1v) is 10.7. The first-order chi connectivity index (χ1) is 15.1. The maximum atomic E-state index is 9.98. The highest BCUT2D eigenvalue weighted by atomic mass is 32.2. The van der Waals surface area contributed by atoms with Crippen LogP contribution in [0.5, 0.6) is 17.2 Å². The van der Waals surface area contributed by atoms with Gasteiger partial charge in [-0.3, -0.25) is 0 Å². The van der Waals surface area contributed by atoms with E-state index in [0.29, 0.717) is 55.2 Å². The summed E-state index contributed by atoms with van der Waals surface area (Å²) in [5, 5.41) is 11.6. The minimum absolute atomic E-state index is 0.312. The molecule has 1 aromatic carbocycles. The number of aromatic nitrogens is 4. The van der Waals surface area contributed by atoms with Gasteiger partial charge in [0.2, 0.25) is 5.75 Å². The highest BCUT2D eigenvalue weighted by Crippen LogP contribution is 2.42. The molecule has 0 aliphatic carbocycles. The molecular formula is C21H19N5O3S2. The first kappa shape index (κ1) is 22.3. The van der Waals surface area contributed by atoms with Crippen molar-refractivity contribution in [2.24, 2.45) is 7.05 Å². The van der Waals surface area contributed by atoms with E-state index in [1.165, 1.54) is 44.9 Å². The number of methoxy groups -OCH3 is 3. The first-order valence-electron chi connectivity index (χ1n) is 8.90. The number of aryl methyl sites for hydroxylation is 1. The summed E-state index contributed by atoms with van der Waals surface area (Å²) in [6.07, 6.45) is 8.92. The Labute approximate surface area is 189 Å². The van der Waals surface area contributed by atoms with Gasteiger partial charge in [0, 0.05) is 25.0 Å². The van der Waals surface area contributed by atoms with Crippen LogP contribution >= 0.6 is 23.5 Å². The molecule has 0 saturated heterocycles. The third-order valence-electron chi connectivity index (χ3n) is 4.15. The van der Waals surface area contributed by atoms with E-state index in [1.807, 2.05) is 17.8 Å². The summed E-state index contributed by atoms with van der Waals surface area (Å²) in [7, 11) is 6.46. The molecule has 158 valence electrons. The fourth-order valence-electron chi connectivity index (χ4n) is 2.73. The number of hydrogen-bond acceptors (Lipinski definition) is 9. The fourth-order valence-corrected chi connectivity index (χ4v) is 4.18. The van der Waals surface area contributed by atoms with Crippen LogP contribution in [0.1, 0.15) is 5.56 Å². The van der Waals surface area contributed by atoms with E-state index in [0.717, 1.165) is 0 Å². The molecule has 3 aromatic rings. The topological polar surface area (TPSA) is 95.1 Å². The Hall–Kier alpha value is -3.34. The second-order valence-electron chi connectivity index (χ2n) is 5.98. The van der Waals surface area contributed by atoms with Crippen molar-refractivity contribution in [3.05, 3.63) is 30.1 Å². The summed E-state index contributed by atoms with van der Waals surface area (Å²) in [5.41, 5.74) is 1.37. The van der Waals surface area contributed by atoms with E-state index in [9.17, 15) is 5.26 Å². The normalized spacial score (nSPS) is 10.3. The van der Waals surface area contributed by atoms with Crippen molar-refractivity contribution in [2.45, 2.75) is 15.3 Å². The van der Waals surface area contributed by atoms with E-state index in [2.05, 4.69) is 26.9 Å². The number of ether oxygens (including phenoxy) is 3. The number of imidazole rings is 1. The lowest BCUT2D eigenvalue weighted by Gasteiger charge is -2.15. The minimum atomic E-state index is 0.312. The summed E-state index contributed by atoms with van der Waals surface area (Å²) in [6.45, 7) is 0. The largest absolute Gasteiger partial charge is 0.493 e. The second kappa shape index (κ2) is 10.1. The average molecular weight is 454 g/mol. The molecule has 2 aromatic heterocycles.